The lowest BCUT2D eigenvalue weighted by Crippen LogP contribution is -2.41. The maximum atomic E-state index is 13.1. The third kappa shape index (κ3) is 3.66. The zero-order chi connectivity index (χ0) is 19.0. The van der Waals surface area contributed by atoms with Crippen molar-refractivity contribution in [2.24, 2.45) is 17.8 Å². The monoisotopic (exact) mass is 390 g/mol. The molecule has 1 aromatic rings. The minimum Gasteiger partial charge on any atom is -0.349 e. The van der Waals surface area contributed by atoms with Crippen LogP contribution in [0.4, 0.5) is 0 Å². The van der Waals surface area contributed by atoms with Crippen molar-refractivity contribution in [3.05, 3.63) is 29.8 Å². The third-order valence-corrected chi connectivity index (χ3v) is 8.82. The van der Waals surface area contributed by atoms with E-state index < -0.39 is 10.0 Å². The first-order valence-electron chi connectivity index (χ1n) is 10.4. The van der Waals surface area contributed by atoms with Gasteiger partial charge in [-0.05, 0) is 68.9 Å². The summed E-state index contributed by atoms with van der Waals surface area (Å²) in [7, 11) is -3.63. The molecule has 4 unspecified atom stereocenters. The lowest BCUT2D eigenvalue weighted by Gasteiger charge is -2.29. The van der Waals surface area contributed by atoms with Crippen LogP contribution in [0, 0.1) is 17.8 Å². The summed E-state index contributed by atoms with van der Waals surface area (Å²) in [6.07, 6.45) is 7.93. The van der Waals surface area contributed by atoms with Gasteiger partial charge in [-0.2, -0.15) is 4.31 Å². The predicted molar refractivity (Wildman–Crippen MR) is 105 cm³/mol. The number of amides is 1. The molecule has 148 valence electrons. The average molecular weight is 391 g/mol. The van der Waals surface area contributed by atoms with Gasteiger partial charge >= 0.3 is 0 Å². The van der Waals surface area contributed by atoms with Gasteiger partial charge in [0.05, 0.1) is 10.5 Å². The fourth-order valence-corrected chi connectivity index (χ4v) is 7.13. The highest BCUT2D eigenvalue weighted by molar-refractivity contribution is 7.89. The number of fused-ring (bicyclic) bond motifs is 2. The van der Waals surface area contributed by atoms with E-state index in [1.54, 1.807) is 24.3 Å². The summed E-state index contributed by atoms with van der Waals surface area (Å²) in [6, 6.07) is 6.73. The number of carbonyl (C=O) groups excluding carboxylic acids is 1. The molecule has 5 nitrogen and oxygen atoms in total. The lowest BCUT2D eigenvalue weighted by atomic mass is 9.84. The Morgan fingerprint density at radius 1 is 1.11 bits per heavy atom. The Balaban J connectivity index is 1.52. The Morgan fingerprint density at radius 3 is 2.52 bits per heavy atom. The molecule has 6 heteroatoms. The van der Waals surface area contributed by atoms with Crippen molar-refractivity contribution in [2.75, 3.05) is 13.1 Å². The Labute approximate surface area is 162 Å². The van der Waals surface area contributed by atoms with E-state index in [-0.39, 0.29) is 22.4 Å². The third-order valence-electron chi connectivity index (χ3n) is 6.86. The van der Waals surface area contributed by atoms with E-state index in [9.17, 15) is 13.2 Å². The van der Waals surface area contributed by atoms with Gasteiger partial charge in [0.1, 0.15) is 0 Å². The normalized spacial score (nSPS) is 29.6. The summed E-state index contributed by atoms with van der Waals surface area (Å²) in [5.74, 6) is 1.81. The van der Waals surface area contributed by atoms with E-state index in [4.69, 9.17) is 0 Å². The topological polar surface area (TPSA) is 66.5 Å². The summed E-state index contributed by atoms with van der Waals surface area (Å²) >= 11 is 0. The zero-order valence-electron chi connectivity index (χ0n) is 16.1. The van der Waals surface area contributed by atoms with Crippen LogP contribution in [0.1, 0.15) is 62.2 Å². The largest absolute Gasteiger partial charge is 0.349 e. The number of piperidine rings is 1. The Morgan fingerprint density at radius 2 is 1.85 bits per heavy atom. The molecular formula is C21H30N2O3S. The molecule has 0 spiro atoms. The van der Waals surface area contributed by atoms with Crippen molar-refractivity contribution in [3.63, 3.8) is 0 Å². The van der Waals surface area contributed by atoms with Crippen LogP contribution in [0.3, 0.4) is 0 Å². The van der Waals surface area contributed by atoms with Crippen molar-refractivity contribution < 1.29 is 13.2 Å². The highest BCUT2D eigenvalue weighted by Crippen LogP contribution is 2.49. The van der Waals surface area contributed by atoms with E-state index in [0.29, 0.717) is 19.0 Å². The van der Waals surface area contributed by atoms with Gasteiger partial charge in [0.15, 0.2) is 0 Å². The van der Waals surface area contributed by atoms with E-state index >= 15 is 0 Å². The van der Waals surface area contributed by atoms with Crippen LogP contribution in [-0.2, 0) is 10.0 Å². The Hall–Kier alpha value is -1.40. The molecule has 1 amide bonds. The molecule has 1 N–H and O–H groups in total. The number of benzene rings is 1. The second kappa shape index (κ2) is 7.55. The highest BCUT2D eigenvalue weighted by atomic mass is 32.2. The molecule has 4 rings (SSSR count). The van der Waals surface area contributed by atoms with E-state index in [2.05, 4.69) is 12.2 Å². The molecule has 27 heavy (non-hydrogen) atoms. The van der Waals surface area contributed by atoms with Crippen LogP contribution in [0.5, 0.6) is 0 Å². The summed E-state index contributed by atoms with van der Waals surface area (Å²) in [4.78, 5) is 13.1. The molecule has 2 saturated carbocycles. The summed E-state index contributed by atoms with van der Waals surface area (Å²) in [5, 5.41) is 3.12. The Bertz CT molecular complexity index is 801. The van der Waals surface area contributed by atoms with E-state index in [1.165, 1.54) is 30.0 Å². The van der Waals surface area contributed by atoms with E-state index in [0.717, 1.165) is 31.1 Å². The van der Waals surface area contributed by atoms with Crippen molar-refractivity contribution in [3.8, 4) is 0 Å². The first-order chi connectivity index (χ1) is 13.0. The van der Waals surface area contributed by atoms with Crippen molar-refractivity contribution in [1.29, 1.82) is 0 Å². The molecule has 0 aromatic heterocycles. The molecule has 1 heterocycles. The molecule has 3 fully saturated rings. The van der Waals surface area contributed by atoms with Crippen molar-refractivity contribution in [1.82, 2.24) is 9.62 Å². The number of carbonyl (C=O) groups is 1. The highest BCUT2D eigenvalue weighted by Gasteiger charge is 2.42. The minimum atomic E-state index is -3.63. The zero-order valence-corrected chi connectivity index (χ0v) is 16.9. The van der Waals surface area contributed by atoms with Gasteiger partial charge in [0.25, 0.3) is 5.91 Å². The van der Waals surface area contributed by atoms with Crippen LogP contribution in [-0.4, -0.2) is 37.8 Å². The van der Waals surface area contributed by atoms with Gasteiger partial charge in [-0.3, -0.25) is 4.79 Å². The standard InChI is InChI=1S/C21H30N2O3S/c1-15(19-14-16-9-10-17(19)13-16)22-21(24)18-7-3-4-8-20(18)27(25,26)23-11-5-2-6-12-23/h3-4,7-8,15-17,19H,2,5-6,9-14H2,1H3,(H,22,24). The number of nitrogens with zero attached hydrogens (tertiary/aromatic N) is 1. The van der Waals surface area contributed by atoms with Gasteiger partial charge < -0.3 is 5.32 Å². The molecule has 1 aliphatic heterocycles. The summed E-state index contributed by atoms with van der Waals surface area (Å²) in [5.41, 5.74) is 0.276. The van der Waals surface area contributed by atoms with Crippen LogP contribution < -0.4 is 5.32 Å². The summed E-state index contributed by atoms with van der Waals surface area (Å²) < 4.78 is 27.7. The smallest absolute Gasteiger partial charge is 0.252 e. The number of nitrogens with one attached hydrogen (secondary N) is 1. The fraction of sp³-hybridized carbons (Fsp3) is 0.667. The van der Waals surface area contributed by atoms with Crippen LogP contribution in [0.15, 0.2) is 29.2 Å². The second-order valence-electron chi connectivity index (χ2n) is 8.56. The molecule has 2 aliphatic carbocycles. The van der Waals surface area contributed by atoms with Crippen LogP contribution in [0.25, 0.3) is 0 Å². The Kier molecular flexibility index (Phi) is 5.30. The SMILES string of the molecule is CC(NC(=O)c1ccccc1S(=O)(=O)N1CCCCC1)C1CC2CCC1C2. The average Bonchev–Trinajstić information content (AvgIpc) is 3.32. The summed E-state index contributed by atoms with van der Waals surface area (Å²) in [6.45, 7) is 3.16. The van der Waals surface area contributed by atoms with Gasteiger partial charge in [-0.1, -0.05) is 25.0 Å². The molecule has 0 radical (unpaired) electrons. The molecule has 4 atom stereocenters. The van der Waals surface area contributed by atoms with Gasteiger partial charge in [-0.15, -0.1) is 0 Å². The van der Waals surface area contributed by atoms with Crippen molar-refractivity contribution >= 4 is 15.9 Å². The first-order valence-corrected chi connectivity index (χ1v) is 11.8. The predicted octanol–water partition coefficient (Wildman–Crippen LogP) is 3.42. The maximum Gasteiger partial charge on any atom is 0.252 e. The minimum absolute atomic E-state index is 0.0820. The maximum absolute atomic E-state index is 13.1. The molecule has 3 aliphatic rings. The fourth-order valence-electron chi connectivity index (χ4n) is 5.42. The molecule has 1 saturated heterocycles. The molecule has 2 bridgehead atoms. The van der Waals surface area contributed by atoms with Gasteiger partial charge in [0.2, 0.25) is 10.0 Å². The molecular weight excluding hydrogens is 360 g/mol. The van der Waals surface area contributed by atoms with Crippen LogP contribution >= 0.6 is 0 Å². The van der Waals surface area contributed by atoms with Crippen molar-refractivity contribution in [2.45, 2.75) is 62.8 Å². The number of sulfonamides is 1. The van der Waals surface area contributed by atoms with Crippen LogP contribution in [0.2, 0.25) is 0 Å². The molecule has 1 aromatic carbocycles. The van der Waals surface area contributed by atoms with Gasteiger partial charge in [-0.25, -0.2) is 8.42 Å². The quantitative estimate of drug-likeness (QED) is 0.838. The number of rotatable bonds is 5. The number of hydrogen-bond acceptors (Lipinski definition) is 3. The lowest BCUT2D eigenvalue weighted by molar-refractivity contribution is 0.0911. The number of hydrogen-bond donors (Lipinski definition) is 1. The second-order valence-corrected chi connectivity index (χ2v) is 10.5. The van der Waals surface area contributed by atoms with E-state index in [1.807, 2.05) is 0 Å². The van der Waals surface area contributed by atoms with Gasteiger partial charge in [0, 0.05) is 19.1 Å². The first kappa shape index (κ1) is 18.9.